The first kappa shape index (κ1) is 17.3. The van der Waals surface area contributed by atoms with Gasteiger partial charge in [-0.3, -0.25) is 4.79 Å². The van der Waals surface area contributed by atoms with Gasteiger partial charge in [-0.2, -0.15) is 0 Å². The van der Waals surface area contributed by atoms with Crippen molar-refractivity contribution in [2.75, 3.05) is 6.61 Å². The third-order valence-corrected chi connectivity index (χ3v) is 5.05. The number of nitrogens with one attached hydrogen (secondary N) is 1. The first-order valence-corrected chi connectivity index (χ1v) is 9.24. The Labute approximate surface area is 158 Å². The molecular formula is C23H21NO3. The van der Waals surface area contributed by atoms with Gasteiger partial charge in [-0.25, -0.2) is 4.79 Å². The van der Waals surface area contributed by atoms with E-state index in [0.29, 0.717) is 5.56 Å². The fourth-order valence-electron chi connectivity index (χ4n) is 3.75. The van der Waals surface area contributed by atoms with E-state index in [4.69, 9.17) is 4.74 Å². The van der Waals surface area contributed by atoms with E-state index in [0.717, 1.165) is 35.6 Å². The van der Waals surface area contributed by atoms with Gasteiger partial charge in [0.15, 0.2) is 6.61 Å². The van der Waals surface area contributed by atoms with Gasteiger partial charge < -0.3 is 10.1 Å². The molecule has 0 aliphatic heterocycles. The Morgan fingerprint density at radius 2 is 1.74 bits per heavy atom. The van der Waals surface area contributed by atoms with E-state index in [-0.39, 0.29) is 18.6 Å². The lowest BCUT2D eigenvalue weighted by atomic mass is 9.88. The minimum atomic E-state index is -0.481. The Bertz CT molecular complexity index is 990. The Kier molecular flexibility index (Phi) is 4.88. The molecule has 0 heterocycles. The van der Waals surface area contributed by atoms with Gasteiger partial charge in [0.1, 0.15) is 0 Å². The summed E-state index contributed by atoms with van der Waals surface area (Å²) in [6.07, 6.45) is 2.98. The molecule has 136 valence electrons. The molecule has 1 amide bonds. The molecule has 4 nitrogen and oxygen atoms in total. The number of rotatable bonds is 4. The summed E-state index contributed by atoms with van der Waals surface area (Å²) >= 11 is 0. The molecule has 1 aliphatic carbocycles. The molecule has 4 rings (SSSR count). The molecule has 0 saturated carbocycles. The third kappa shape index (κ3) is 3.70. The monoisotopic (exact) mass is 359 g/mol. The number of carbonyl (C=O) groups excluding carboxylic acids is 2. The molecule has 3 aromatic rings. The first-order chi connectivity index (χ1) is 13.2. The molecule has 1 unspecified atom stereocenters. The number of carbonyl (C=O) groups is 2. The quantitative estimate of drug-likeness (QED) is 0.711. The fraction of sp³-hybridized carbons (Fsp3) is 0.217. The maximum absolute atomic E-state index is 12.5. The van der Waals surface area contributed by atoms with Crippen molar-refractivity contribution in [3.05, 3.63) is 83.4 Å². The number of ether oxygens (including phenoxy) is 1. The number of hydrogen-bond donors (Lipinski definition) is 1. The maximum atomic E-state index is 12.5. The molecular weight excluding hydrogens is 338 g/mol. The molecule has 1 aliphatic rings. The molecule has 0 radical (unpaired) electrons. The van der Waals surface area contributed by atoms with Crippen molar-refractivity contribution in [2.45, 2.75) is 25.3 Å². The molecule has 1 N–H and O–H groups in total. The summed E-state index contributed by atoms with van der Waals surface area (Å²) in [5.41, 5.74) is 2.92. The summed E-state index contributed by atoms with van der Waals surface area (Å²) in [5, 5.41) is 4.80. The van der Waals surface area contributed by atoms with Crippen LogP contribution in [0.15, 0.2) is 66.7 Å². The highest BCUT2D eigenvalue weighted by Gasteiger charge is 2.22. The van der Waals surface area contributed by atoms with Crippen LogP contribution in [0.1, 0.15) is 40.4 Å². The molecule has 0 aromatic heterocycles. The standard InChI is InChI=1S/C23H21NO3/c25-22(24-21-14-6-10-17-8-2-4-12-19(17)21)15-27-23(26)20-13-5-9-16-7-1-3-11-18(16)20/h1-5,7-9,11-13,21H,6,10,14-15H2,(H,24,25). The van der Waals surface area contributed by atoms with Gasteiger partial charge in [-0.15, -0.1) is 0 Å². The Morgan fingerprint density at radius 3 is 2.67 bits per heavy atom. The topological polar surface area (TPSA) is 55.4 Å². The maximum Gasteiger partial charge on any atom is 0.339 e. The van der Waals surface area contributed by atoms with Crippen LogP contribution < -0.4 is 5.32 Å². The van der Waals surface area contributed by atoms with Crippen LogP contribution in [0.25, 0.3) is 10.8 Å². The van der Waals surface area contributed by atoms with Crippen LogP contribution in [-0.2, 0) is 16.0 Å². The molecule has 3 aromatic carbocycles. The van der Waals surface area contributed by atoms with E-state index in [2.05, 4.69) is 17.4 Å². The number of aryl methyl sites for hydroxylation is 1. The lowest BCUT2D eigenvalue weighted by Gasteiger charge is -2.26. The number of hydrogen-bond acceptors (Lipinski definition) is 3. The van der Waals surface area contributed by atoms with Crippen LogP contribution in [0.5, 0.6) is 0 Å². The summed E-state index contributed by atoms with van der Waals surface area (Å²) in [7, 11) is 0. The zero-order chi connectivity index (χ0) is 18.6. The van der Waals surface area contributed by atoms with E-state index in [9.17, 15) is 9.59 Å². The van der Waals surface area contributed by atoms with Gasteiger partial charge in [0.05, 0.1) is 11.6 Å². The highest BCUT2D eigenvalue weighted by atomic mass is 16.5. The average molecular weight is 359 g/mol. The summed E-state index contributed by atoms with van der Waals surface area (Å²) < 4.78 is 5.28. The number of fused-ring (bicyclic) bond motifs is 2. The second-order valence-corrected chi connectivity index (χ2v) is 6.81. The van der Waals surface area contributed by atoms with Crippen molar-refractivity contribution >= 4 is 22.6 Å². The molecule has 1 atom stereocenters. The second-order valence-electron chi connectivity index (χ2n) is 6.81. The van der Waals surface area contributed by atoms with Crippen molar-refractivity contribution in [3.8, 4) is 0 Å². The van der Waals surface area contributed by atoms with Crippen LogP contribution in [0.4, 0.5) is 0 Å². The van der Waals surface area contributed by atoms with E-state index < -0.39 is 5.97 Å². The second kappa shape index (κ2) is 7.62. The Morgan fingerprint density at radius 1 is 0.963 bits per heavy atom. The largest absolute Gasteiger partial charge is 0.452 e. The highest BCUT2D eigenvalue weighted by Crippen LogP contribution is 2.29. The molecule has 0 spiro atoms. The molecule has 0 bridgehead atoms. The van der Waals surface area contributed by atoms with Gasteiger partial charge in [-0.1, -0.05) is 60.7 Å². The predicted molar refractivity (Wildman–Crippen MR) is 104 cm³/mol. The molecule has 0 fully saturated rings. The Balaban J connectivity index is 1.40. The van der Waals surface area contributed by atoms with Crippen LogP contribution in [-0.4, -0.2) is 18.5 Å². The van der Waals surface area contributed by atoms with E-state index in [1.54, 1.807) is 6.07 Å². The van der Waals surface area contributed by atoms with E-state index >= 15 is 0 Å². The molecule has 0 saturated heterocycles. The molecule has 27 heavy (non-hydrogen) atoms. The highest BCUT2D eigenvalue weighted by molar-refractivity contribution is 6.04. The van der Waals surface area contributed by atoms with Gasteiger partial charge in [0.25, 0.3) is 5.91 Å². The number of benzene rings is 3. The van der Waals surface area contributed by atoms with Crippen molar-refractivity contribution in [2.24, 2.45) is 0 Å². The number of esters is 1. The zero-order valence-corrected chi connectivity index (χ0v) is 15.0. The lowest BCUT2D eigenvalue weighted by Crippen LogP contribution is -2.34. The third-order valence-electron chi connectivity index (χ3n) is 5.05. The van der Waals surface area contributed by atoms with Crippen molar-refractivity contribution in [1.82, 2.24) is 5.32 Å². The lowest BCUT2D eigenvalue weighted by molar-refractivity contribution is -0.125. The minimum Gasteiger partial charge on any atom is -0.452 e. The zero-order valence-electron chi connectivity index (χ0n) is 15.0. The van der Waals surface area contributed by atoms with Crippen molar-refractivity contribution in [3.63, 3.8) is 0 Å². The van der Waals surface area contributed by atoms with Crippen molar-refractivity contribution < 1.29 is 14.3 Å². The summed E-state index contributed by atoms with van der Waals surface area (Å²) in [6, 6.07) is 21.3. The number of amides is 1. The van der Waals surface area contributed by atoms with Crippen LogP contribution in [0.3, 0.4) is 0 Å². The Hall–Kier alpha value is -3.14. The van der Waals surface area contributed by atoms with Gasteiger partial charge in [0, 0.05) is 0 Å². The predicted octanol–water partition coefficient (Wildman–Crippen LogP) is 4.19. The van der Waals surface area contributed by atoms with Crippen LogP contribution >= 0.6 is 0 Å². The van der Waals surface area contributed by atoms with Gasteiger partial charge in [0.2, 0.25) is 0 Å². The summed E-state index contributed by atoms with van der Waals surface area (Å²) in [4.78, 5) is 24.8. The van der Waals surface area contributed by atoms with Gasteiger partial charge in [-0.05, 0) is 47.2 Å². The minimum absolute atomic E-state index is 0.0151. The van der Waals surface area contributed by atoms with E-state index in [1.165, 1.54) is 5.56 Å². The van der Waals surface area contributed by atoms with Crippen molar-refractivity contribution in [1.29, 1.82) is 0 Å². The van der Waals surface area contributed by atoms with Crippen LogP contribution in [0, 0.1) is 0 Å². The average Bonchev–Trinajstić information content (AvgIpc) is 2.72. The van der Waals surface area contributed by atoms with Gasteiger partial charge >= 0.3 is 5.97 Å². The fourth-order valence-corrected chi connectivity index (χ4v) is 3.75. The summed E-state index contributed by atoms with van der Waals surface area (Å²) in [6.45, 7) is -0.277. The normalized spacial score (nSPS) is 15.8. The smallest absolute Gasteiger partial charge is 0.339 e. The molecule has 4 heteroatoms. The van der Waals surface area contributed by atoms with E-state index in [1.807, 2.05) is 48.5 Å². The SMILES string of the molecule is O=C(COC(=O)c1cccc2ccccc12)NC1CCCc2ccccc21. The van der Waals surface area contributed by atoms with Crippen LogP contribution in [0.2, 0.25) is 0 Å². The summed E-state index contributed by atoms with van der Waals surface area (Å²) in [5.74, 6) is -0.753. The first-order valence-electron chi connectivity index (χ1n) is 9.24.